The number of nitrogens with one attached hydrogen (secondary N) is 2. The lowest BCUT2D eigenvalue weighted by atomic mass is 9.84. The van der Waals surface area contributed by atoms with Crippen molar-refractivity contribution < 1.29 is 9.84 Å². The number of aromatic nitrogens is 2. The van der Waals surface area contributed by atoms with Crippen LogP contribution in [0, 0.1) is 0 Å². The van der Waals surface area contributed by atoms with Crippen LogP contribution in [0.4, 0.5) is 0 Å². The number of rotatable bonds is 4. The molecule has 144 valence electrons. The van der Waals surface area contributed by atoms with E-state index in [0.29, 0.717) is 5.75 Å². The normalized spacial score (nSPS) is 11.6. The average Bonchev–Trinajstić information content (AvgIpc) is 3.36. The molecule has 5 aromatic rings. The highest BCUT2D eigenvalue weighted by molar-refractivity contribution is 6.32. The van der Waals surface area contributed by atoms with Gasteiger partial charge in [-0.1, -0.05) is 48.0 Å². The molecule has 0 spiro atoms. The second-order valence-electron chi connectivity index (χ2n) is 7.07. The summed E-state index contributed by atoms with van der Waals surface area (Å²) in [4.78, 5) is 6.76. The zero-order chi connectivity index (χ0) is 20.0. The van der Waals surface area contributed by atoms with Gasteiger partial charge in [0.05, 0.1) is 12.1 Å². The van der Waals surface area contributed by atoms with E-state index in [1.165, 1.54) is 7.11 Å². The summed E-state index contributed by atoms with van der Waals surface area (Å²) in [6.45, 7) is 0. The highest BCUT2D eigenvalue weighted by atomic mass is 35.5. The fraction of sp³-hybridized carbons (Fsp3) is 0.0833. The van der Waals surface area contributed by atoms with Gasteiger partial charge in [-0.15, -0.1) is 0 Å². The average molecular weight is 403 g/mol. The van der Waals surface area contributed by atoms with Crippen LogP contribution in [0.15, 0.2) is 73.1 Å². The Morgan fingerprint density at radius 1 is 0.862 bits per heavy atom. The van der Waals surface area contributed by atoms with Crippen molar-refractivity contribution in [1.82, 2.24) is 9.97 Å². The number of aromatic hydroxyl groups is 1. The predicted molar refractivity (Wildman–Crippen MR) is 117 cm³/mol. The van der Waals surface area contributed by atoms with Gasteiger partial charge in [-0.2, -0.15) is 0 Å². The van der Waals surface area contributed by atoms with Crippen molar-refractivity contribution in [3.8, 4) is 11.5 Å². The summed E-state index contributed by atoms with van der Waals surface area (Å²) < 4.78 is 5.38. The number of phenolic OH excluding ortho intramolecular Hbond substituents is 1. The minimum atomic E-state index is -0.103. The largest absolute Gasteiger partial charge is 0.503 e. The van der Waals surface area contributed by atoms with Gasteiger partial charge in [0.1, 0.15) is 0 Å². The van der Waals surface area contributed by atoms with Crippen LogP contribution in [0.25, 0.3) is 21.8 Å². The molecule has 0 fully saturated rings. The standard InChI is InChI=1S/C24H19ClN2O2/c1-29-22-11-14(10-19(25)24(22)28)23(17-12-26-20-8-4-2-6-15(17)20)18-13-27-21-9-5-3-7-16(18)21/h2-13,23,26-28H,1H3. The Kier molecular flexibility index (Phi) is 4.22. The fourth-order valence-electron chi connectivity index (χ4n) is 4.11. The zero-order valence-electron chi connectivity index (χ0n) is 15.7. The molecule has 0 atom stereocenters. The quantitative estimate of drug-likeness (QED) is 0.335. The summed E-state index contributed by atoms with van der Waals surface area (Å²) in [6, 6.07) is 20.1. The van der Waals surface area contributed by atoms with E-state index in [0.717, 1.165) is 38.5 Å². The molecule has 0 radical (unpaired) electrons. The summed E-state index contributed by atoms with van der Waals surface area (Å²) in [7, 11) is 1.53. The first-order valence-electron chi connectivity index (χ1n) is 9.36. The van der Waals surface area contributed by atoms with Crippen LogP contribution in [-0.4, -0.2) is 22.2 Å². The number of benzene rings is 3. The first kappa shape index (κ1) is 17.7. The number of hydrogen-bond donors (Lipinski definition) is 3. The van der Waals surface area contributed by atoms with E-state index in [9.17, 15) is 5.11 Å². The maximum absolute atomic E-state index is 10.2. The number of phenols is 1. The van der Waals surface area contributed by atoms with Crippen LogP contribution in [0.3, 0.4) is 0 Å². The summed E-state index contributed by atoms with van der Waals surface area (Å²) in [5, 5.41) is 12.8. The van der Waals surface area contributed by atoms with Gasteiger partial charge in [0.2, 0.25) is 0 Å². The Bertz CT molecular complexity index is 1260. The van der Waals surface area contributed by atoms with Gasteiger partial charge < -0.3 is 19.8 Å². The van der Waals surface area contributed by atoms with Crippen molar-refractivity contribution in [3.63, 3.8) is 0 Å². The minimum absolute atomic E-state index is 0.0467. The third-order valence-electron chi connectivity index (χ3n) is 5.47. The lowest BCUT2D eigenvalue weighted by Gasteiger charge is -2.19. The molecule has 0 aliphatic carbocycles. The SMILES string of the molecule is COc1cc(C(c2c[nH]c3ccccc23)c2c[nH]c3ccccc23)cc(Cl)c1O. The molecular weight excluding hydrogens is 384 g/mol. The molecule has 5 rings (SSSR count). The molecule has 0 aliphatic heterocycles. The van der Waals surface area contributed by atoms with Gasteiger partial charge in [0, 0.05) is 40.1 Å². The number of H-pyrrole nitrogens is 2. The summed E-state index contributed by atoms with van der Waals surface area (Å²) >= 11 is 6.36. The van der Waals surface area contributed by atoms with Crippen LogP contribution in [0.2, 0.25) is 5.02 Å². The molecule has 0 aliphatic rings. The van der Waals surface area contributed by atoms with Crippen molar-refractivity contribution >= 4 is 33.4 Å². The number of para-hydroxylation sites is 2. The van der Waals surface area contributed by atoms with E-state index in [2.05, 4.69) is 34.2 Å². The number of halogens is 1. The maximum Gasteiger partial charge on any atom is 0.176 e. The number of hydrogen-bond acceptors (Lipinski definition) is 2. The van der Waals surface area contributed by atoms with Crippen LogP contribution in [-0.2, 0) is 0 Å². The van der Waals surface area contributed by atoms with E-state index in [1.54, 1.807) is 0 Å². The molecule has 2 aromatic heterocycles. The Morgan fingerprint density at radius 2 is 1.41 bits per heavy atom. The highest BCUT2D eigenvalue weighted by Crippen LogP contribution is 2.44. The Balaban J connectivity index is 1.82. The van der Waals surface area contributed by atoms with E-state index in [4.69, 9.17) is 16.3 Å². The van der Waals surface area contributed by atoms with Crippen molar-refractivity contribution in [2.24, 2.45) is 0 Å². The topological polar surface area (TPSA) is 61.0 Å². The van der Waals surface area contributed by atoms with E-state index >= 15 is 0 Å². The Morgan fingerprint density at radius 3 is 1.97 bits per heavy atom. The number of ether oxygens (including phenoxy) is 1. The predicted octanol–water partition coefficient (Wildman–Crippen LogP) is 6.20. The number of methoxy groups -OCH3 is 1. The second kappa shape index (κ2) is 6.90. The number of aromatic amines is 2. The van der Waals surface area contributed by atoms with Gasteiger partial charge in [0.25, 0.3) is 0 Å². The molecule has 3 N–H and O–H groups in total. The molecule has 4 nitrogen and oxygen atoms in total. The van der Waals surface area contributed by atoms with Gasteiger partial charge >= 0.3 is 0 Å². The van der Waals surface area contributed by atoms with Crippen LogP contribution < -0.4 is 4.74 Å². The van der Waals surface area contributed by atoms with Gasteiger partial charge in [-0.3, -0.25) is 0 Å². The monoisotopic (exact) mass is 402 g/mol. The van der Waals surface area contributed by atoms with Crippen LogP contribution in [0.5, 0.6) is 11.5 Å². The molecule has 0 unspecified atom stereocenters. The Labute approximate surface area is 172 Å². The van der Waals surface area contributed by atoms with Gasteiger partial charge in [0.15, 0.2) is 11.5 Å². The van der Waals surface area contributed by atoms with Gasteiger partial charge in [-0.25, -0.2) is 0 Å². The molecule has 0 saturated carbocycles. The first-order valence-corrected chi connectivity index (χ1v) is 9.73. The molecule has 3 aromatic carbocycles. The first-order chi connectivity index (χ1) is 14.2. The van der Waals surface area contributed by atoms with E-state index in [1.807, 2.05) is 48.8 Å². The van der Waals surface area contributed by atoms with Crippen LogP contribution >= 0.6 is 11.6 Å². The zero-order valence-corrected chi connectivity index (χ0v) is 16.5. The molecule has 29 heavy (non-hydrogen) atoms. The third kappa shape index (κ3) is 2.84. The van der Waals surface area contributed by atoms with Crippen molar-refractivity contribution in [2.75, 3.05) is 7.11 Å². The van der Waals surface area contributed by atoms with E-state index < -0.39 is 0 Å². The maximum atomic E-state index is 10.2. The molecular formula is C24H19ClN2O2. The summed E-state index contributed by atoms with van der Waals surface area (Å²) in [6.07, 6.45) is 4.09. The summed E-state index contributed by atoms with van der Waals surface area (Å²) in [5.74, 6) is 0.209. The smallest absolute Gasteiger partial charge is 0.176 e. The molecule has 0 saturated heterocycles. The van der Waals surface area contributed by atoms with E-state index in [-0.39, 0.29) is 16.7 Å². The van der Waals surface area contributed by atoms with Crippen molar-refractivity contribution in [1.29, 1.82) is 0 Å². The fourth-order valence-corrected chi connectivity index (χ4v) is 4.33. The molecule has 5 heteroatoms. The third-order valence-corrected chi connectivity index (χ3v) is 5.76. The van der Waals surface area contributed by atoms with Crippen molar-refractivity contribution in [3.05, 3.63) is 94.8 Å². The lowest BCUT2D eigenvalue weighted by Crippen LogP contribution is -2.03. The minimum Gasteiger partial charge on any atom is -0.503 e. The number of fused-ring (bicyclic) bond motifs is 2. The highest BCUT2D eigenvalue weighted by Gasteiger charge is 2.25. The lowest BCUT2D eigenvalue weighted by molar-refractivity contribution is 0.373. The molecule has 2 heterocycles. The second-order valence-corrected chi connectivity index (χ2v) is 7.47. The molecule has 0 bridgehead atoms. The molecule has 0 amide bonds. The summed E-state index contributed by atoms with van der Waals surface area (Å²) in [5.41, 5.74) is 5.36. The van der Waals surface area contributed by atoms with Crippen molar-refractivity contribution in [2.45, 2.75) is 5.92 Å². The van der Waals surface area contributed by atoms with Gasteiger partial charge in [-0.05, 0) is 41.0 Å². The Hall–Kier alpha value is -3.37. The van der Waals surface area contributed by atoms with Crippen LogP contribution in [0.1, 0.15) is 22.6 Å².